The molecule has 0 aliphatic heterocycles. The van der Waals surface area contributed by atoms with Crippen molar-refractivity contribution in [1.82, 2.24) is 4.90 Å². The van der Waals surface area contributed by atoms with Gasteiger partial charge in [0.05, 0.1) is 10.5 Å². The number of hydrogen-bond donors (Lipinski definition) is 0. The van der Waals surface area contributed by atoms with Crippen molar-refractivity contribution in [3.05, 3.63) is 29.6 Å². The molecule has 7 heteroatoms. The highest BCUT2D eigenvalue weighted by molar-refractivity contribution is 8.13. The molecule has 0 atom stereocenters. The molecular weight excluding hydrogens is 293 g/mol. The van der Waals surface area contributed by atoms with Crippen LogP contribution < -0.4 is 0 Å². The Balaban J connectivity index is 2.36. The monoisotopic (exact) mass is 305 g/mol. The van der Waals surface area contributed by atoms with Crippen LogP contribution in [0.4, 0.5) is 4.39 Å². The van der Waals surface area contributed by atoms with Crippen LogP contribution in [0.3, 0.4) is 0 Å². The highest BCUT2D eigenvalue weighted by atomic mass is 35.7. The van der Waals surface area contributed by atoms with Gasteiger partial charge in [-0.25, -0.2) is 12.8 Å². The van der Waals surface area contributed by atoms with Crippen molar-refractivity contribution in [2.24, 2.45) is 5.92 Å². The molecule has 1 aromatic rings. The number of benzene rings is 1. The Morgan fingerprint density at radius 2 is 2.11 bits per heavy atom. The third-order valence-electron chi connectivity index (χ3n) is 3.01. The Bertz CT molecular complexity index is 613. The third-order valence-corrected chi connectivity index (χ3v) is 4.39. The highest BCUT2D eigenvalue weighted by Crippen LogP contribution is 2.30. The molecule has 0 N–H and O–H groups in total. The summed E-state index contributed by atoms with van der Waals surface area (Å²) in [5, 5.41) is 0. The molecule has 1 saturated carbocycles. The Morgan fingerprint density at radius 3 is 2.63 bits per heavy atom. The minimum Gasteiger partial charge on any atom is -0.341 e. The fourth-order valence-corrected chi connectivity index (χ4v) is 2.90. The molecule has 0 radical (unpaired) electrons. The van der Waals surface area contributed by atoms with Gasteiger partial charge >= 0.3 is 0 Å². The summed E-state index contributed by atoms with van der Waals surface area (Å²) in [5.74, 6) is -0.753. The van der Waals surface area contributed by atoms with E-state index in [-0.39, 0.29) is 10.5 Å². The summed E-state index contributed by atoms with van der Waals surface area (Å²) in [6.45, 7) is 0.539. The van der Waals surface area contributed by atoms with Gasteiger partial charge in [-0.2, -0.15) is 0 Å². The van der Waals surface area contributed by atoms with E-state index in [0.29, 0.717) is 12.5 Å². The van der Waals surface area contributed by atoms with Gasteiger partial charge in [-0.1, -0.05) is 0 Å². The molecule has 1 aliphatic carbocycles. The lowest BCUT2D eigenvalue weighted by molar-refractivity contribution is 0.0784. The molecule has 19 heavy (non-hydrogen) atoms. The number of amides is 1. The number of halogens is 2. The lowest BCUT2D eigenvalue weighted by atomic mass is 10.2. The zero-order chi connectivity index (χ0) is 14.2. The van der Waals surface area contributed by atoms with E-state index in [1.54, 1.807) is 7.05 Å². The molecule has 0 heterocycles. The topological polar surface area (TPSA) is 54.5 Å². The standard InChI is InChI=1S/C12H13ClFNO3S/c1-15(7-8-2-3-8)12(16)10-6-9(14)4-5-11(10)19(13,17)18/h4-6,8H,2-3,7H2,1H3. The molecule has 0 aromatic heterocycles. The van der Waals surface area contributed by atoms with E-state index in [1.807, 2.05) is 0 Å². The van der Waals surface area contributed by atoms with Crippen molar-refractivity contribution < 1.29 is 17.6 Å². The van der Waals surface area contributed by atoms with E-state index < -0.39 is 20.8 Å². The first-order valence-electron chi connectivity index (χ1n) is 5.78. The van der Waals surface area contributed by atoms with Gasteiger partial charge in [0, 0.05) is 24.3 Å². The summed E-state index contributed by atoms with van der Waals surface area (Å²) < 4.78 is 36.0. The summed E-state index contributed by atoms with van der Waals surface area (Å²) in [7, 11) is 2.74. The fraction of sp³-hybridized carbons (Fsp3) is 0.417. The molecule has 2 rings (SSSR count). The average Bonchev–Trinajstić information content (AvgIpc) is 3.10. The van der Waals surface area contributed by atoms with E-state index in [1.165, 1.54) is 4.90 Å². The van der Waals surface area contributed by atoms with Gasteiger partial charge in [-0.15, -0.1) is 0 Å². The highest BCUT2D eigenvalue weighted by Gasteiger charge is 2.28. The second kappa shape index (κ2) is 5.09. The summed E-state index contributed by atoms with van der Waals surface area (Å²) in [5.41, 5.74) is -0.224. The van der Waals surface area contributed by atoms with Crippen LogP contribution in [0.5, 0.6) is 0 Å². The molecule has 104 valence electrons. The smallest absolute Gasteiger partial charge is 0.262 e. The lowest BCUT2D eigenvalue weighted by Gasteiger charge is -2.18. The number of carbonyl (C=O) groups is 1. The number of hydrogen-bond acceptors (Lipinski definition) is 3. The third kappa shape index (κ3) is 3.45. The van der Waals surface area contributed by atoms with E-state index in [4.69, 9.17) is 10.7 Å². The van der Waals surface area contributed by atoms with Crippen LogP contribution in [0.1, 0.15) is 23.2 Å². The summed E-state index contributed by atoms with van der Waals surface area (Å²) in [6.07, 6.45) is 2.11. The quantitative estimate of drug-likeness (QED) is 0.802. The van der Waals surface area contributed by atoms with Crippen LogP contribution >= 0.6 is 10.7 Å². The first kappa shape index (κ1) is 14.3. The second-order valence-electron chi connectivity index (χ2n) is 4.71. The number of rotatable bonds is 4. The summed E-state index contributed by atoms with van der Waals surface area (Å²) in [4.78, 5) is 13.2. The maximum Gasteiger partial charge on any atom is 0.262 e. The normalized spacial score (nSPS) is 15.3. The molecule has 4 nitrogen and oxygen atoms in total. The Hall–Kier alpha value is -1.14. The predicted octanol–water partition coefficient (Wildman–Crippen LogP) is 2.24. The minimum absolute atomic E-state index is 0.224. The van der Waals surface area contributed by atoms with Gasteiger partial charge in [0.15, 0.2) is 0 Å². The molecule has 0 unspecified atom stereocenters. The Labute approximate surface area is 115 Å². The van der Waals surface area contributed by atoms with E-state index in [2.05, 4.69) is 0 Å². The van der Waals surface area contributed by atoms with E-state index >= 15 is 0 Å². The minimum atomic E-state index is -4.08. The van der Waals surface area contributed by atoms with Crippen molar-refractivity contribution in [2.75, 3.05) is 13.6 Å². The van der Waals surface area contributed by atoms with Gasteiger partial charge in [-0.05, 0) is 37.0 Å². The van der Waals surface area contributed by atoms with Crippen LogP contribution in [0.2, 0.25) is 0 Å². The van der Waals surface area contributed by atoms with Crippen LogP contribution in [0, 0.1) is 11.7 Å². The molecular formula is C12H13ClFNO3S. The second-order valence-corrected chi connectivity index (χ2v) is 7.24. The Kier molecular flexibility index (Phi) is 3.82. The van der Waals surface area contributed by atoms with Crippen LogP contribution in [0.25, 0.3) is 0 Å². The fourth-order valence-electron chi connectivity index (χ4n) is 1.86. The van der Waals surface area contributed by atoms with Crippen LogP contribution in [-0.2, 0) is 9.05 Å². The van der Waals surface area contributed by atoms with Crippen LogP contribution in [-0.4, -0.2) is 32.8 Å². The summed E-state index contributed by atoms with van der Waals surface area (Å²) >= 11 is 0. The SMILES string of the molecule is CN(CC1CC1)C(=O)c1cc(F)ccc1S(=O)(=O)Cl. The van der Waals surface area contributed by atoms with E-state index in [0.717, 1.165) is 31.0 Å². The Morgan fingerprint density at radius 1 is 1.47 bits per heavy atom. The number of nitrogens with zero attached hydrogens (tertiary/aromatic N) is 1. The van der Waals surface area contributed by atoms with Gasteiger partial charge < -0.3 is 4.90 Å². The van der Waals surface area contributed by atoms with Crippen molar-refractivity contribution >= 4 is 25.6 Å². The van der Waals surface area contributed by atoms with Gasteiger partial charge in [0.2, 0.25) is 0 Å². The first-order valence-corrected chi connectivity index (χ1v) is 8.09. The number of carbonyl (C=O) groups excluding carboxylic acids is 1. The molecule has 1 amide bonds. The maximum atomic E-state index is 13.2. The molecule has 0 bridgehead atoms. The molecule has 1 aliphatic rings. The molecule has 1 fully saturated rings. The van der Waals surface area contributed by atoms with Gasteiger partial charge in [-0.3, -0.25) is 4.79 Å². The summed E-state index contributed by atoms with van der Waals surface area (Å²) in [6, 6.07) is 2.88. The zero-order valence-electron chi connectivity index (χ0n) is 10.3. The largest absolute Gasteiger partial charge is 0.341 e. The lowest BCUT2D eigenvalue weighted by Crippen LogP contribution is -2.29. The molecule has 1 aromatic carbocycles. The van der Waals surface area contributed by atoms with Gasteiger partial charge in [0.1, 0.15) is 5.82 Å². The van der Waals surface area contributed by atoms with Gasteiger partial charge in [0.25, 0.3) is 15.0 Å². The van der Waals surface area contributed by atoms with Crippen molar-refractivity contribution in [1.29, 1.82) is 0 Å². The van der Waals surface area contributed by atoms with Crippen molar-refractivity contribution in [3.8, 4) is 0 Å². The zero-order valence-corrected chi connectivity index (χ0v) is 11.8. The average molecular weight is 306 g/mol. The van der Waals surface area contributed by atoms with Crippen molar-refractivity contribution in [3.63, 3.8) is 0 Å². The van der Waals surface area contributed by atoms with E-state index in [9.17, 15) is 17.6 Å². The van der Waals surface area contributed by atoms with Crippen molar-refractivity contribution in [2.45, 2.75) is 17.7 Å². The maximum absolute atomic E-state index is 13.2. The van der Waals surface area contributed by atoms with Crippen LogP contribution in [0.15, 0.2) is 23.1 Å². The molecule has 0 saturated heterocycles. The predicted molar refractivity (Wildman–Crippen MR) is 69.1 cm³/mol. The molecule has 0 spiro atoms. The first-order chi connectivity index (χ1) is 8.79.